The maximum absolute atomic E-state index is 6.25. The molecule has 0 aliphatic carbocycles. The summed E-state index contributed by atoms with van der Waals surface area (Å²) in [5.41, 5.74) is 0. The van der Waals surface area contributed by atoms with Gasteiger partial charge in [0.1, 0.15) is 0 Å². The van der Waals surface area contributed by atoms with Crippen molar-refractivity contribution in [3.63, 3.8) is 0 Å². The summed E-state index contributed by atoms with van der Waals surface area (Å²) in [6, 6.07) is 0. The van der Waals surface area contributed by atoms with E-state index in [4.69, 9.17) is 35.5 Å². The summed E-state index contributed by atoms with van der Waals surface area (Å²) >= 11 is 0. The van der Waals surface area contributed by atoms with Crippen LogP contribution in [0.5, 0.6) is 0 Å². The molecule has 0 aromatic rings. The minimum absolute atomic E-state index is 0. The van der Waals surface area contributed by atoms with Crippen LogP contribution in [-0.4, -0.2) is 0 Å². The van der Waals surface area contributed by atoms with Crippen LogP contribution in [0.3, 0.4) is 0 Å². The summed E-state index contributed by atoms with van der Waals surface area (Å²) in [5.74, 6) is 0. The Morgan fingerprint density at radius 2 is 0.625 bits per heavy atom. The molecule has 0 rings (SSSR count). The van der Waals surface area contributed by atoms with Crippen LogP contribution in [-0.2, 0) is 38.9 Å². The molecule has 48 valence electrons. The summed E-state index contributed by atoms with van der Waals surface area (Å²) < 4.78 is 0. The van der Waals surface area contributed by atoms with Gasteiger partial charge in [0.2, 0.25) is 0 Å². The van der Waals surface area contributed by atoms with Gasteiger partial charge >= 0.3 is 38.9 Å². The van der Waals surface area contributed by atoms with E-state index < -0.39 is 0 Å². The van der Waals surface area contributed by atoms with Gasteiger partial charge in [0.15, 0.2) is 0 Å². The van der Waals surface area contributed by atoms with Crippen LogP contribution in [0, 0.1) is 35.5 Å². The number of hydrogen-bond acceptors (Lipinski definition) is 3. The molecule has 0 atom stereocenters. The molecule has 3 nitrogen and oxygen atoms in total. The van der Waals surface area contributed by atoms with Crippen molar-refractivity contribution in [2.45, 2.75) is 0 Å². The summed E-state index contributed by atoms with van der Waals surface area (Å²) in [4.78, 5) is 0. The molecule has 0 aromatic heterocycles. The van der Waals surface area contributed by atoms with Crippen LogP contribution in [0.15, 0.2) is 0 Å². The Morgan fingerprint density at radius 3 is 0.625 bits per heavy atom. The Hall–Kier alpha value is -0.296. The van der Waals surface area contributed by atoms with Crippen LogP contribution in [0.4, 0.5) is 0 Å². The van der Waals surface area contributed by atoms with Gasteiger partial charge < -0.3 is 35.5 Å². The molecule has 5 heteroatoms. The maximum atomic E-state index is 6.25. The van der Waals surface area contributed by atoms with Crippen LogP contribution in [0.1, 0.15) is 0 Å². The van der Waals surface area contributed by atoms with Crippen LogP contribution in [0.25, 0.3) is 0 Å². The van der Waals surface area contributed by atoms with Crippen molar-refractivity contribution in [2.75, 3.05) is 0 Å². The quantitative estimate of drug-likeness (QED) is 0.454. The van der Waals surface area contributed by atoms with Gasteiger partial charge in [-0.1, -0.05) is 0 Å². The Bertz CT molecular complexity index is 43.0. The minimum atomic E-state index is 0. The fourth-order valence-corrected chi connectivity index (χ4v) is 0. The van der Waals surface area contributed by atoms with Crippen molar-refractivity contribution in [2.24, 2.45) is 0 Å². The number of nitrogens with zero attached hydrogens (tertiary/aromatic N) is 3. The summed E-state index contributed by atoms with van der Waals surface area (Å²) in [7, 11) is 0. The molecule has 0 heterocycles. The normalized spacial score (nSPS) is 0.750. The van der Waals surface area contributed by atoms with Gasteiger partial charge in [-0.05, 0) is 0 Å². The zero-order valence-corrected chi connectivity index (χ0v) is 5.93. The zero-order chi connectivity index (χ0) is 6.00. The first-order chi connectivity index (χ1) is 3.00. The molecule has 0 saturated carbocycles. The smallest absolute Gasteiger partial charge is 0.512 e. The second-order valence-corrected chi connectivity index (χ2v) is 0. The van der Waals surface area contributed by atoms with Crippen molar-refractivity contribution in [1.82, 2.24) is 0 Å². The van der Waals surface area contributed by atoms with E-state index in [1.54, 1.807) is 0 Å². The first kappa shape index (κ1) is 47.4. The molecule has 0 N–H and O–H groups in total. The van der Waals surface area contributed by atoms with Gasteiger partial charge in [0.25, 0.3) is 0 Å². The fourth-order valence-electron chi connectivity index (χ4n) is 0. The van der Waals surface area contributed by atoms with Crippen LogP contribution < -0.4 is 0 Å². The standard InChI is InChI=1S/3CN.Ag.Ni/c3*1-2;;/q3*-1;+1;+2. The predicted molar refractivity (Wildman–Crippen MR) is 14.9 cm³/mol. The third-order valence-corrected chi connectivity index (χ3v) is 0. The number of rotatable bonds is 0. The molecule has 0 bridgehead atoms. The Kier molecular flexibility index (Phi) is 14700. The van der Waals surface area contributed by atoms with E-state index in [0.717, 1.165) is 0 Å². The first-order valence-corrected chi connectivity index (χ1v) is 0.671. The van der Waals surface area contributed by atoms with E-state index in [2.05, 4.69) is 0 Å². The zero-order valence-electron chi connectivity index (χ0n) is 3.46. The molecular weight excluding hydrogens is 245 g/mol. The number of hydrogen-bond donors (Lipinski definition) is 0. The third-order valence-electron chi connectivity index (χ3n) is 0. The fraction of sp³-hybridized carbons (Fsp3) is 0. The van der Waals surface area contributed by atoms with E-state index in [1.165, 1.54) is 0 Å². The molecule has 0 amide bonds. The SMILES string of the molecule is [Ag+].[C-]#N.[C-]#N.[C-]#N.[Ni+2]. The molecule has 0 saturated heterocycles. The monoisotopic (exact) mass is 243 g/mol. The van der Waals surface area contributed by atoms with E-state index >= 15 is 0 Å². The van der Waals surface area contributed by atoms with E-state index in [0.29, 0.717) is 0 Å². The van der Waals surface area contributed by atoms with Crippen LogP contribution in [0.2, 0.25) is 0 Å². The summed E-state index contributed by atoms with van der Waals surface area (Å²) in [6.07, 6.45) is 0. The third kappa shape index (κ3) is 1440. The Balaban J connectivity index is -0.00000000500. The van der Waals surface area contributed by atoms with E-state index in [1.807, 2.05) is 0 Å². The Morgan fingerprint density at radius 1 is 0.625 bits per heavy atom. The summed E-state index contributed by atoms with van der Waals surface area (Å²) in [6.45, 7) is 14.2. The van der Waals surface area contributed by atoms with Gasteiger partial charge in [-0.3, -0.25) is 0 Å². The van der Waals surface area contributed by atoms with Gasteiger partial charge in [-0.15, -0.1) is 0 Å². The topological polar surface area (TPSA) is 71.4 Å². The van der Waals surface area contributed by atoms with Crippen LogP contribution >= 0.6 is 0 Å². The van der Waals surface area contributed by atoms with Gasteiger partial charge in [0.05, 0.1) is 0 Å². The molecule has 0 spiro atoms. The minimum Gasteiger partial charge on any atom is -0.512 e. The second kappa shape index (κ2) is 2490. The molecule has 0 aromatic carbocycles. The van der Waals surface area contributed by atoms with Crippen molar-refractivity contribution in [3.05, 3.63) is 19.7 Å². The van der Waals surface area contributed by atoms with Gasteiger partial charge in [-0.25, -0.2) is 0 Å². The van der Waals surface area contributed by atoms with E-state index in [9.17, 15) is 0 Å². The van der Waals surface area contributed by atoms with Gasteiger partial charge in [-0.2, -0.15) is 0 Å². The average molecular weight is 245 g/mol. The van der Waals surface area contributed by atoms with Gasteiger partial charge in [0, 0.05) is 0 Å². The molecular formula is C3AgN3Ni. The van der Waals surface area contributed by atoms with Crippen molar-refractivity contribution >= 4 is 0 Å². The van der Waals surface area contributed by atoms with Crippen molar-refractivity contribution in [1.29, 1.82) is 15.8 Å². The molecule has 0 radical (unpaired) electrons. The largest absolute Gasteiger partial charge is 2.00 e. The Labute approximate surface area is 74.3 Å². The molecule has 8 heavy (non-hydrogen) atoms. The average Bonchev–Trinajstić information content (AvgIpc) is 1.81. The van der Waals surface area contributed by atoms with Crippen molar-refractivity contribution in [3.8, 4) is 0 Å². The maximum Gasteiger partial charge on any atom is 2.00 e. The van der Waals surface area contributed by atoms with Crippen molar-refractivity contribution < 1.29 is 38.9 Å². The predicted octanol–water partition coefficient (Wildman–Crippen LogP) is 0.284. The first-order valence-electron chi connectivity index (χ1n) is 0.671. The molecule has 0 aliphatic heterocycles. The summed E-state index contributed by atoms with van der Waals surface area (Å²) in [5, 5.41) is 18.8. The van der Waals surface area contributed by atoms with E-state index in [-0.39, 0.29) is 38.9 Å². The molecule has 0 unspecified atom stereocenters. The molecule has 0 fully saturated rings. The molecule has 0 aliphatic rings. The second-order valence-electron chi connectivity index (χ2n) is 0.